The normalized spacial score (nSPS) is 18.8. The average Bonchev–Trinajstić information content (AvgIpc) is 3.19. The molecule has 0 unspecified atom stereocenters. The predicted octanol–water partition coefficient (Wildman–Crippen LogP) is 8.41. The molecule has 0 N–H and O–H groups in total. The van der Waals surface area contributed by atoms with Crippen LogP contribution < -0.4 is 4.74 Å². The van der Waals surface area contributed by atoms with E-state index in [0.717, 1.165) is 65.5 Å². The van der Waals surface area contributed by atoms with Crippen LogP contribution in [0, 0.1) is 7.14 Å². The number of carbonyl (C=O) groups is 1. The van der Waals surface area contributed by atoms with E-state index in [1.807, 2.05) is 59.5 Å². The highest BCUT2D eigenvalue weighted by molar-refractivity contribution is 14.1. The Morgan fingerprint density at radius 3 is 2.25 bits per heavy atom. The number of aliphatic imine (C=N–C) groups is 1. The second-order valence-electron chi connectivity index (χ2n) is 8.90. The van der Waals surface area contributed by atoms with Crippen LogP contribution in [0.25, 0.3) is 6.08 Å². The van der Waals surface area contributed by atoms with Gasteiger partial charge in [0.25, 0.3) is 5.91 Å². The maximum atomic E-state index is 13.6. The van der Waals surface area contributed by atoms with Crippen LogP contribution in [0.2, 0.25) is 0 Å². The fraction of sp³-hybridized carbons (Fsp3) is 0.241. The minimum absolute atomic E-state index is 0.0657. The molecule has 0 radical (unpaired) electrons. The summed E-state index contributed by atoms with van der Waals surface area (Å²) in [5.74, 6) is 0.943. The minimum atomic E-state index is 0.0657. The Balaban J connectivity index is 1.41. The van der Waals surface area contributed by atoms with Gasteiger partial charge >= 0.3 is 0 Å². The first-order valence-corrected chi connectivity index (χ1v) is 15.1. The van der Waals surface area contributed by atoms with Crippen LogP contribution in [0.5, 0.6) is 5.75 Å². The predicted molar refractivity (Wildman–Crippen MR) is 165 cm³/mol. The van der Waals surface area contributed by atoms with E-state index in [1.54, 1.807) is 0 Å². The van der Waals surface area contributed by atoms with Crippen LogP contribution in [-0.4, -0.2) is 22.0 Å². The Hall–Kier alpha value is -1.85. The Morgan fingerprint density at radius 2 is 1.58 bits per heavy atom. The van der Waals surface area contributed by atoms with Gasteiger partial charge in [0, 0.05) is 6.04 Å². The van der Waals surface area contributed by atoms with E-state index in [2.05, 4.69) is 69.4 Å². The van der Waals surface area contributed by atoms with Crippen molar-refractivity contribution in [3.63, 3.8) is 0 Å². The second kappa shape index (κ2) is 12.1. The lowest BCUT2D eigenvalue weighted by atomic mass is 9.94. The summed E-state index contributed by atoms with van der Waals surface area (Å²) < 4.78 is 8.20. The van der Waals surface area contributed by atoms with Crippen molar-refractivity contribution in [2.24, 2.45) is 4.99 Å². The molecule has 1 aliphatic carbocycles. The lowest BCUT2D eigenvalue weighted by Crippen LogP contribution is -2.40. The molecule has 1 saturated heterocycles. The summed E-state index contributed by atoms with van der Waals surface area (Å²) in [4.78, 5) is 21.2. The SMILES string of the molecule is O=C1/C(=C/c2cc(I)c(OCc3ccccc3)c(I)c2)SC(=Nc2ccccc2)N1C1CCCCC1. The van der Waals surface area contributed by atoms with E-state index in [4.69, 9.17) is 9.73 Å². The number of thioether (sulfide) groups is 1. The van der Waals surface area contributed by atoms with Crippen LogP contribution in [0.1, 0.15) is 43.2 Å². The topological polar surface area (TPSA) is 41.9 Å². The Kier molecular flexibility index (Phi) is 8.69. The van der Waals surface area contributed by atoms with Gasteiger partial charge in [-0.3, -0.25) is 9.69 Å². The largest absolute Gasteiger partial charge is 0.487 e. The average molecular weight is 720 g/mol. The number of amidine groups is 1. The van der Waals surface area contributed by atoms with Crippen molar-refractivity contribution in [3.05, 3.63) is 96.0 Å². The maximum Gasteiger partial charge on any atom is 0.267 e. The Bertz CT molecular complexity index is 1270. The molecule has 1 amide bonds. The van der Waals surface area contributed by atoms with Gasteiger partial charge in [0.1, 0.15) is 12.4 Å². The number of halogens is 2. The molecule has 2 fully saturated rings. The molecule has 2 aliphatic rings. The maximum absolute atomic E-state index is 13.6. The van der Waals surface area contributed by atoms with E-state index in [-0.39, 0.29) is 11.9 Å². The summed E-state index contributed by atoms with van der Waals surface area (Å²) in [5.41, 5.74) is 3.01. The van der Waals surface area contributed by atoms with Gasteiger partial charge in [0.2, 0.25) is 0 Å². The number of amides is 1. The quantitative estimate of drug-likeness (QED) is 0.190. The van der Waals surface area contributed by atoms with Crippen molar-refractivity contribution in [1.82, 2.24) is 4.90 Å². The summed E-state index contributed by atoms with van der Waals surface area (Å²) in [6, 6.07) is 24.5. The molecule has 0 bridgehead atoms. The Morgan fingerprint density at radius 1 is 0.944 bits per heavy atom. The van der Waals surface area contributed by atoms with Gasteiger partial charge in [-0.15, -0.1) is 0 Å². The summed E-state index contributed by atoms with van der Waals surface area (Å²) >= 11 is 6.12. The molecule has 184 valence electrons. The first-order valence-electron chi connectivity index (χ1n) is 12.1. The van der Waals surface area contributed by atoms with Gasteiger partial charge in [0.05, 0.1) is 17.7 Å². The molecule has 0 atom stereocenters. The van der Waals surface area contributed by atoms with Gasteiger partial charge in [0.15, 0.2) is 5.17 Å². The molecular formula is C29H26I2N2O2S. The highest BCUT2D eigenvalue weighted by atomic mass is 127. The molecule has 1 heterocycles. The van der Waals surface area contributed by atoms with E-state index >= 15 is 0 Å². The lowest BCUT2D eigenvalue weighted by Gasteiger charge is -2.30. The van der Waals surface area contributed by atoms with E-state index < -0.39 is 0 Å². The molecule has 4 nitrogen and oxygen atoms in total. The zero-order chi connectivity index (χ0) is 24.9. The first-order chi connectivity index (χ1) is 17.6. The third kappa shape index (κ3) is 6.16. The summed E-state index contributed by atoms with van der Waals surface area (Å²) in [6.07, 6.45) is 7.65. The van der Waals surface area contributed by atoms with Crippen molar-refractivity contribution in [2.45, 2.75) is 44.8 Å². The number of nitrogens with zero attached hydrogens (tertiary/aromatic N) is 2. The van der Waals surface area contributed by atoms with E-state index in [1.165, 1.54) is 18.2 Å². The second-order valence-corrected chi connectivity index (χ2v) is 12.2. The highest BCUT2D eigenvalue weighted by Crippen LogP contribution is 2.39. The van der Waals surface area contributed by atoms with Crippen LogP contribution in [0.3, 0.4) is 0 Å². The van der Waals surface area contributed by atoms with Crippen molar-refractivity contribution >= 4 is 79.8 Å². The molecule has 1 aliphatic heterocycles. The zero-order valence-electron chi connectivity index (χ0n) is 19.7. The van der Waals surface area contributed by atoms with Crippen molar-refractivity contribution in [3.8, 4) is 5.75 Å². The summed E-state index contributed by atoms with van der Waals surface area (Å²) in [5, 5.41) is 0.788. The highest BCUT2D eigenvalue weighted by Gasteiger charge is 2.38. The number of benzene rings is 3. The number of hydrogen-bond donors (Lipinski definition) is 0. The summed E-state index contributed by atoms with van der Waals surface area (Å²) in [6.45, 7) is 0.525. The molecule has 3 aromatic rings. The molecule has 0 aromatic heterocycles. The third-order valence-electron chi connectivity index (χ3n) is 6.30. The number of para-hydroxylation sites is 1. The van der Waals surface area contributed by atoms with Crippen LogP contribution in [-0.2, 0) is 11.4 Å². The van der Waals surface area contributed by atoms with Crippen molar-refractivity contribution < 1.29 is 9.53 Å². The van der Waals surface area contributed by atoms with Crippen molar-refractivity contribution in [1.29, 1.82) is 0 Å². The van der Waals surface area contributed by atoms with Crippen molar-refractivity contribution in [2.75, 3.05) is 0 Å². The zero-order valence-corrected chi connectivity index (χ0v) is 24.8. The first kappa shape index (κ1) is 25.8. The van der Waals surface area contributed by atoms with Crippen LogP contribution >= 0.6 is 56.9 Å². The molecule has 0 spiro atoms. The monoisotopic (exact) mass is 720 g/mol. The lowest BCUT2D eigenvalue weighted by molar-refractivity contribution is -0.124. The summed E-state index contributed by atoms with van der Waals surface area (Å²) in [7, 11) is 0. The fourth-order valence-corrected chi connectivity index (χ4v) is 7.71. The molecular weight excluding hydrogens is 694 g/mol. The van der Waals surface area contributed by atoms with Gasteiger partial charge in [-0.1, -0.05) is 67.8 Å². The van der Waals surface area contributed by atoms with Gasteiger partial charge in [-0.25, -0.2) is 4.99 Å². The fourth-order valence-electron chi connectivity index (χ4n) is 4.52. The van der Waals surface area contributed by atoms with Gasteiger partial charge in [-0.05, 0) is 111 Å². The molecule has 7 heteroatoms. The van der Waals surface area contributed by atoms with E-state index in [9.17, 15) is 4.79 Å². The molecule has 36 heavy (non-hydrogen) atoms. The number of rotatable bonds is 6. The molecule has 1 saturated carbocycles. The smallest absolute Gasteiger partial charge is 0.267 e. The molecule has 3 aromatic carbocycles. The number of carbonyl (C=O) groups excluding carboxylic acids is 1. The minimum Gasteiger partial charge on any atom is -0.487 e. The van der Waals surface area contributed by atoms with E-state index in [0.29, 0.717) is 6.61 Å². The number of ether oxygens (including phenoxy) is 1. The van der Waals surface area contributed by atoms with Crippen LogP contribution in [0.4, 0.5) is 5.69 Å². The van der Waals surface area contributed by atoms with Gasteiger partial charge < -0.3 is 4.74 Å². The third-order valence-corrected chi connectivity index (χ3v) is 8.89. The van der Waals surface area contributed by atoms with Gasteiger partial charge in [-0.2, -0.15) is 0 Å². The standard InChI is InChI=1S/C29H26I2N2O2S/c30-24-16-21(17-25(31)27(24)35-19-20-10-4-1-5-11-20)18-26-28(34)33(23-14-8-3-9-15-23)29(36-26)32-22-12-6-2-7-13-22/h1-2,4-7,10-13,16-18,23H,3,8-9,14-15,19H2/b26-18-,32-29?. The molecule has 5 rings (SSSR count). The Labute approximate surface area is 243 Å². The number of hydrogen-bond acceptors (Lipinski definition) is 4. The van der Waals surface area contributed by atoms with Crippen LogP contribution in [0.15, 0.2) is 82.7 Å².